The molecule has 2 aromatic rings. The van der Waals surface area contributed by atoms with Gasteiger partial charge in [-0.25, -0.2) is 0 Å². The zero-order chi connectivity index (χ0) is 14.2. The van der Waals surface area contributed by atoms with Crippen LogP contribution in [0.15, 0.2) is 77.7 Å². The Morgan fingerprint density at radius 1 is 0.950 bits per heavy atom. The average molecular weight is 290 g/mol. The molecule has 0 spiro atoms. The molecule has 0 heterocycles. The van der Waals surface area contributed by atoms with Gasteiger partial charge in [0.25, 0.3) is 6.08 Å². The van der Waals surface area contributed by atoms with Gasteiger partial charge in [-0.2, -0.15) is 8.78 Å². The molecule has 0 saturated heterocycles. The van der Waals surface area contributed by atoms with Crippen LogP contribution in [0.2, 0.25) is 0 Å². The van der Waals surface area contributed by atoms with Gasteiger partial charge in [0.15, 0.2) is 0 Å². The van der Waals surface area contributed by atoms with Crippen molar-refractivity contribution in [3.05, 3.63) is 78.4 Å². The van der Waals surface area contributed by atoms with E-state index < -0.39 is 6.08 Å². The van der Waals surface area contributed by atoms with E-state index >= 15 is 0 Å². The first-order chi connectivity index (χ1) is 9.74. The number of hydrogen-bond donors (Lipinski definition) is 0. The van der Waals surface area contributed by atoms with Crippen LogP contribution in [-0.4, -0.2) is 5.25 Å². The Morgan fingerprint density at radius 3 is 2.15 bits per heavy atom. The maximum atomic E-state index is 12.6. The van der Waals surface area contributed by atoms with E-state index in [1.54, 1.807) is 0 Å². The lowest BCUT2D eigenvalue weighted by Crippen LogP contribution is -2.01. The number of hydrogen-bond acceptors (Lipinski definition) is 1. The number of halogens is 2. The molecule has 0 aliphatic rings. The first-order valence-electron chi connectivity index (χ1n) is 6.52. The normalized spacial score (nSPS) is 11.9. The molecule has 2 rings (SSSR count). The second kappa shape index (κ2) is 7.85. The Labute approximate surface area is 122 Å². The zero-order valence-corrected chi connectivity index (χ0v) is 11.8. The summed E-state index contributed by atoms with van der Waals surface area (Å²) >= 11 is 1.48. The number of rotatable bonds is 6. The van der Waals surface area contributed by atoms with Crippen LogP contribution in [-0.2, 0) is 6.42 Å². The molecule has 0 amide bonds. The third-order valence-electron chi connectivity index (χ3n) is 2.90. The van der Waals surface area contributed by atoms with E-state index in [0.29, 0.717) is 6.42 Å². The molecular formula is C17H16F2S. The number of aryl methyl sites for hydroxylation is 1. The Balaban J connectivity index is 1.99. The molecule has 0 saturated carbocycles. The van der Waals surface area contributed by atoms with E-state index in [-0.39, 0.29) is 5.25 Å². The molecule has 0 N–H and O–H groups in total. The predicted molar refractivity (Wildman–Crippen MR) is 81.1 cm³/mol. The van der Waals surface area contributed by atoms with Crippen molar-refractivity contribution in [1.29, 1.82) is 0 Å². The molecule has 20 heavy (non-hydrogen) atoms. The standard InChI is InChI=1S/C17H16F2S/c18-17(19)13-16(20-15-9-5-2-6-10-15)12-11-14-7-3-1-4-8-14/h1-10,13,16H,11-12H2. The maximum Gasteiger partial charge on any atom is 0.267 e. The Kier molecular flexibility index (Phi) is 5.81. The highest BCUT2D eigenvalue weighted by Crippen LogP contribution is 2.28. The maximum absolute atomic E-state index is 12.6. The lowest BCUT2D eigenvalue weighted by Gasteiger charge is -2.12. The highest BCUT2D eigenvalue weighted by atomic mass is 32.2. The highest BCUT2D eigenvalue weighted by molar-refractivity contribution is 8.00. The first kappa shape index (κ1) is 14.8. The minimum absolute atomic E-state index is 0.206. The summed E-state index contributed by atoms with van der Waals surface area (Å²) in [5.41, 5.74) is 1.18. The van der Waals surface area contributed by atoms with Gasteiger partial charge in [-0.3, -0.25) is 0 Å². The van der Waals surface area contributed by atoms with Crippen LogP contribution < -0.4 is 0 Å². The topological polar surface area (TPSA) is 0 Å². The van der Waals surface area contributed by atoms with E-state index in [1.165, 1.54) is 17.3 Å². The Hall–Kier alpha value is -1.61. The molecule has 0 bridgehead atoms. The second-order valence-corrected chi connectivity index (χ2v) is 5.76. The average Bonchev–Trinajstić information content (AvgIpc) is 2.46. The lowest BCUT2D eigenvalue weighted by molar-refractivity contribution is 0.417. The number of benzene rings is 2. The molecule has 3 heteroatoms. The van der Waals surface area contributed by atoms with Gasteiger partial charge in [0.1, 0.15) is 0 Å². The highest BCUT2D eigenvalue weighted by Gasteiger charge is 2.10. The van der Waals surface area contributed by atoms with Gasteiger partial charge >= 0.3 is 0 Å². The van der Waals surface area contributed by atoms with E-state index in [1.807, 2.05) is 60.7 Å². The molecule has 0 aromatic heterocycles. The van der Waals surface area contributed by atoms with Crippen molar-refractivity contribution in [3.8, 4) is 0 Å². The molecule has 104 valence electrons. The molecule has 0 aliphatic carbocycles. The van der Waals surface area contributed by atoms with Crippen molar-refractivity contribution in [2.75, 3.05) is 0 Å². The van der Waals surface area contributed by atoms with Crippen LogP contribution in [0.3, 0.4) is 0 Å². The van der Waals surface area contributed by atoms with Crippen molar-refractivity contribution in [2.24, 2.45) is 0 Å². The van der Waals surface area contributed by atoms with Crippen LogP contribution in [0.25, 0.3) is 0 Å². The summed E-state index contributed by atoms with van der Waals surface area (Å²) in [6.07, 6.45) is 0.947. The third kappa shape index (κ3) is 5.17. The molecule has 0 aliphatic heterocycles. The van der Waals surface area contributed by atoms with Crippen molar-refractivity contribution in [1.82, 2.24) is 0 Å². The molecule has 2 aromatic carbocycles. The van der Waals surface area contributed by atoms with Crippen LogP contribution in [0, 0.1) is 0 Å². The fourth-order valence-electron chi connectivity index (χ4n) is 1.94. The largest absolute Gasteiger partial charge is 0.267 e. The second-order valence-electron chi connectivity index (χ2n) is 4.45. The Bertz CT molecular complexity index is 533. The molecule has 1 unspecified atom stereocenters. The summed E-state index contributed by atoms with van der Waals surface area (Å²) in [5, 5.41) is -0.206. The lowest BCUT2D eigenvalue weighted by atomic mass is 10.1. The zero-order valence-electron chi connectivity index (χ0n) is 11.0. The third-order valence-corrected chi connectivity index (χ3v) is 4.12. The van der Waals surface area contributed by atoms with Crippen molar-refractivity contribution in [3.63, 3.8) is 0 Å². The van der Waals surface area contributed by atoms with Crippen LogP contribution in [0.1, 0.15) is 12.0 Å². The summed E-state index contributed by atoms with van der Waals surface area (Å²) in [4.78, 5) is 1.02. The molecule has 0 nitrogen and oxygen atoms in total. The summed E-state index contributed by atoms with van der Waals surface area (Å²) < 4.78 is 25.1. The monoisotopic (exact) mass is 290 g/mol. The van der Waals surface area contributed by atoms with E-state index in [0.717, 1.165) is 17.4 Å². The summed E-state index contributed by atoms with van der Waals surface area (Å²) in [5.74, 6) is 0. The summed E-state index contributed by atoms with van der Waals surface area (Å²) in [6, 6.07) is 19.6. The minimum Gasteiger partial charge on any atom is -0.174 e. The van der Waals surface area contributed by atoms with Crippen molar-refractivity contribution >= 4 is 11.8 Å². The van der Waals surface area contributed by atoms with Crippen molar-refractivity contribution < 1.29 is 8.78 Å². The summed E-state index contributed by atoms with van der Waals surface area (Å²) in [6.45, 7) is 0. The van der Waals surface area contributed by atoms with E-state index in [2.05, 4.69) is 0 Å². The molecule has 1 atom stereocenters. The van der Waals surface area contributed by atoms with Crippen LogP contribution in [0.5, 0.6) is 0 Å². The first-order valence-corrected chi connectivity index (χ1v) is 7.40. The SMILES string of the molecule is FC(F)=CC(CCc1ccccc1)Sc1ccccc1. The number of thioether (sulfide) groups is 1. The molecule has 0 radical (unpaired) electrons. The van der Waals surface area contributed by atoms with Gasteiger partial charge in [-0.15, -0.1) is 11.8 Å². The van der Waals surface area contributed by atoms with Crippen LogP contribution >= 0.6 is 11.8 Å². The Morgan fingerprint density at radius 2 is 1.55 bits per heavy atom. The molecule has 0 fully saturated rings. The van der Waals surface area contributed by atoms with Gasteiger partial charge in [-0.05, 0) is 36.6 Å². The summed E-state index contributed by atoms with van der Waals surface area (Å²) in [7, 11) is 0. The van der Waals surface area contributed by atoms with E-state index in [9.17, 15) is 8.78 Å². The van der Waals surface area contributed by atoms with Gasteiger partial charge in [0.2, 0.25) is 0 Å². The fourth-order valence-corrected chi connectivity index (χ4v) is 3.01. The van der Waals surface area contributed by atoms with E-state index in [4.69, 9.17) is 0 Å². The van der Waals surface area contributed by atoms with Gasteiger partial charge in [-0.1, -0.05) is 48.5 Å². The minimum atomic E-state index is -1.61. The predicted octanol–water partition coefficient (Wildman–Crippen LogP) is 5.56. The van der Waals surface area contributed by atoms with Crippen LogP contribution in [0.4, 0.5) is 8.78 Å². The van der Waals surface area contributed by atoms with Gasteiger partial charge < -0.3 is 0 Å². The van der Waals surface area contributed by atoms with Gasteiger partial charge in [0, 0.05) is 10.1 Å². The van der Waals surface area contributed by atoms with Gasteiger partial charge in [0.05, 0.1) is 0 Å². The fraction of sp³-hybridized carbons (Fsp3) is 0.176. The smallest absolute Gasteiger partial charge is 0.174 e. The van der Waals surface area contributed by atoms with Crippen molar-refractivity contribution in [2.45, 2.75) is 23.0 Å². The molecular weight excluding hydrogens is 274 g/mol. The quantitative estimate of drug-likeness (QED) is 0.628.